The SMILES string of the molecule is CCC(C)(C)NC(=O)c1cc(S(=O)(=O)N2CCCC2)ccc1Cl. The number of rotatable bonds is 5. The van der Waals surface area contributed by atoms with E-state index in [1.165, 1.54) is 22.5 Å². The van der Waals surface area contributed by atoms with Gasteiger partial charge in [0.25, 0.3) is 5.91 Å². The number of nitrogens with zero attached hydrogens (tertiary/aromatic N) is 1. The van der Waals surface area contributed by atoms with Crippen LogP contribution in [0.1, 0.15) is 50.4 Å². The molecule has 1 amide bonds. The fourth-order valence-corrected chi connectivity index (χ4v) is 4.13. The Kier molecular flexibility index (Phi) is 5.38. The summed E-state index contributed by atoms with van der Waals surface area (Å²) in [5.74, 6) is -0.361. The molecule has 1 heterocycles. The van der Waals surface area contributed by atoms with Gasteiger partial charge in [-0.25, -0.2) is 8.42 Å². The lowest BCUT2D eigenvalue weighted by atomic mass is 10.0. The molecule has 0 unspecified atom stereocenters. The van der Waals surface area contributed by atoms with Gasteiger partial charge < -0.3 is 5.32 Å². The molecule has 7 heteroatoms. The monoisotopic (exact) mass is 358 g/mol. The fourth-order valence-electron chi connectivity index (χ4n) is 2.38. The number of benzene rings is 1. The van der Waals surface area contributed by atoms with Crippen LogP contribution in [-0.4, -0.2) is 37.3 Å². The first-order chi connectivity index (χ1) is 10.7. The first-order valence-electron chi connectivity index (χ1n) is 7.79. The average Bonchev–Trinajstić information content (AvgIpc) is 3.02. The molecule has 5 nitrogen and oxygen atoms in total. The highest BCUT2D eigenvalue weighted by Crippen LogP contribution is 2.25. The smallest absolute Gasteiger partial charge is 0.253 e. The zero-order chi connectivity index (χ0) is 17.3. The van der Waals surface area contributed by atoms with Crippen molar-refractivity contribution in [3.8, 4) is 0 Å². The Hall–Kier alpha value is -1.11. The maximum atomic E-state index is 12.6. The van der Waals surface area contributed by atoms with Gasteiger partial charge in [0.1, 0.15) is 0 Å². The fraction of sp³-hybridized carbons (Fsp3) is 0.562. The van der Waals surface area contributed by atoms with Gasteiger partial charge in [0.2, 0.25) is 10.0 Å². The first kappa shape index (κ1) is 18.2. The molecule has 1 aliphatic rings. The lowest BCUT2D eigenvalue weighted by Crippen LogP contribution is -2.43. The van der Waals surface area contributed by atoms with Gasteiger partial charge in [0, 0.05) is 18.6 Å². The predicted octanol–water partition coefficient (Wildman–Crippen LogP) is 3.04. The molecule has 2 rings (SSSR count). The number of carbonyl (C=O) groups is 1. The predicted molar refractivity (Wildman–Crippen MR) is 91.3 cm³/mol. The third-order valence-electron chi connectivity index (χ3n) is 4.22. The van der Waals surface area contributed by atoms with E-state index in [1.54, 1.807) is 0 Å². The summed E-state index contributed by atoms with van der Waals surface area (Å²) in [4.78, 5) is 12.6. The molecule has 1 aromatic carbocycles. The van der Waals surface area contributed by atoms with E-state index in [2.05, 4.69) is 5.32 Å². The second kappa shape index (κ2) is 6.79. The molecule has 1 N–H and O–H groups in total. The zero-order valence-electron chi connectivity index (χ0n) is 13.7. The Balaban J connectivity index is 2.34. The van der Waals surface area contributed by atoms with E-state index < -0.39 is 10.0 Å². The minimum Gasteiger partial charge on any atom is -0.347 e. The summed E-state index contributed by atoms with van der Waals surface area (Å²) in [5.41, 5.74) is -0.196. The van der Waals surface area contributed by atoms with Gasteiger partial charge in [0.15, 0.2) is 0 Å². The van der Waals surface area contributed by atoms with Crippen molar-refractivity contribution >= 4 is 27.5 Å². The van der Waals surface area contributed by atoms with Crippen molar-refractivity contribution < 1.29 is 13.2 Å². The quantitative estimate of drug-likeness (QED) is 0.879. The van der Waals surface area contributed by atoms with Gasteiger partial charge in [-0.3, -0.25) is 4.79 Å². The summed E-state index contributed by atoms with van der Waals surface area (Å²) in [7, 11) is -3.57. The molecule has 23 heavy (non-hydrogen) atoms. The summed E-state index contributed by atoms with van der Waals surface area (Å²) in [5, 5.41) is 3.12. The zero-order valence-corrected chi connectivity index (χ0v) is 15.3. The largest absolute Gasteiger partial charge is 0.347 e. The van der Waals surface area contributed by atoms with Gasteiger partial charge in [-0.05, 0) is 51.3 Å². The number of amides is 1. The van der Waals surface area contributed by atoms with Crippen molar-refractivity contribution in [2.45, 2.75) is 50.5 Å². The Morgan fingerprint density at radius 2 is 1.91 bits per heavy atom. The van der Waals surface area contributed by atoms with Crippen LogP contribution in [0, 0.1) is 0 Å². The second-order valence-corrected chi connectivity index (χ2v) is 8.79. The van der Waals surface area contributed by atoms with Crippen molar-refractivity contribution in [1.82, 2.24) is 9.62 Å². The van der Waals surface area contributed by atoms with Gasteiger partial charge in [-0.1, -0.05) is 18.5 Å². The van der Waals surface area contributed by atoms with Gasteiger partial charge in [-0.15, -0.1) is 0 Å². The second-order valence-electron chi connectivity index (χ2n) is 6.44. The molecule has 1 fully saturated rings. The third-order valence-corrected chi connectivity index (χ3v) is 6.45. The number of nitrogens with one attached hydrogen (secondary N) is 1. The van der Waals surface area contributed by atoms with E-state index in [-0.39, 0.29) is 26.9 Å². The Morgan fingerprint density at radius 3 is 2.48 bits per heavy atom. The molecule has 1 aliphatic heterocycles. The van der Waals surface area contributed by atoms with Crippen LogP contribution >= 0.6 is 11.6 Å². The van der Waals surface area contributed by atoms with Crippen molar-refractivity contribution in [2.24, 2.45) is 0 Å². The number of carbonyl (C=O) groups excluding carboxylic acids is 1. The van der Waals surface area contributed by atoms with E-state index in [0.717, 1.165) is 19.3 Å². The molecular weight excluding hydrogens is 336 g/mol. The summed E-state index contributed by atoms with van der Waals surface area (Å²) in [6.07, 6.45) is 2.48. The normalized spacial score (nSPS) is 16.5. The van der Waals surface area contributed by atoms with Crippen LogP contribution in [0.4, 0.5) is 0 Å². The standard InChI is InChI=1S/C16H23ClN2O3S/c1-4-16(2,3)18-15(20)13-11-12(7-8-14(13)17)23(21,22)19-9-5-6-10-19/h7-8,11H,4-6,9-10H2,1-3H3,(H,18,20). The number of hydrogen-bond acceptors (Lipinski definition) is 3. The Bertz CT molecular complexity index is 695. The highest BCUT2D eigenvalue weighted by molar-refractivity contribution is 7.89. The molecule has 0 bridgehead atoms. The van der Waals surface area contributed by atoms with Crippen LogP contribution in [-0.2, 0) is 10.0 Å². The molecule has 0 spiro atoms. The summed E-state index contributed by atoms with van der Waals surface area (Å²) in [6.45, 7) is 6.83. The van der Waals surface area contributed by atoms with Crippen LogP contribution in [0.2, 0.25) is 5.02 Å². The average molecular weight is 359 g/mol. The lowest BCUT2D eigenvalue weighted by Gasteiger charge is -2.25. The first-order valence-corrected chi connectivity index (χ1v) is 9.61. The molecule has 1 saturated heterocycles. The van der Waals surface area contributed by atoms with Crippen LogP contribution < -0.4 is 5.32 Å². The number of halogens is 1. The molecule has 0 aliphatic carbocycles. The van der Waals surface area contributed by atoms with Crippen molar-refractivity contribution in [2.75, 3.05) is 13.1 Å². The van der Waals surface area contributed by atoms with E-state index >= 15 is 0 Å². The molecule has 0 aromatic heterocycles. The maximum Gasteiger partial charge on any atom is 0.253 e. The van der Waals surface area contributed by atoms with Crippen molar-refractivity contribution in [3.63, 3.8) is 0 Å². The highest BCUT2D eigenvalue weighted by atomic mass is 35.5. The van der Waals surface area contributed by atoms with Gasteiger partial charge >= 0.3 is 0 Å². The van der Waals surface area contributed by atoms with Gasteiger partial charge in [-0.2, -0.15) is 4.31 Å². The summed E-state index contributed by atoms with van der Waals surface area (Å²) < 4.78 is 26.7. The number of sulfonamides is 1. The van der Waals surface area contributed by atoms with Crippen molar-refractivity contribution in [1.29, 1.82) is 0 Å². The van der Waals surface area contributed by atoms with Crippen LogP contribution in [0.15, 0.2) is 23.1 Å². The number of hydrogen-bond donors (Lipinski definition) is 1. The molecule has 0 saturated carbocycles. The molecule has 1 aromatic rings. The molecular formula is C16H23ClN2O3S. The molecule has 128 valence electrons. The maximum absolute atomic E-state index is 12.6. The summed E-state index contributed by atoms with van der Waals surface area (Å²) in [6, 6.07) is 4.30. The Morgan fingerprint density at radius 1 is 1.30 bits per heavy atom. The van der Waals surface area contributed by atoms with Crippen LogP contribution in [0.25, 0.3) is 0 Å². The minimum absolute atomic E-state index is 0.114. The van der Waals surface area contributed by atoms with E-state index in [4.69, 9.17) is 11.6 Å². The van der Waals surface area contributed by atoms with Crippen molar-refractivity contribution in [3.05, 3.63) is 28.8 Å². The highest BCUT2D eigenvalue weighted by Gasteiger charge is 2.29. The van der Waals surface area contributed by atoms with E-state index in [0.29, 0.717) is 13.1 Å². The van der Waals surface area contributed by atoms with Gasteiger partial charge in [0.05, 0.1) is 15.5 Å². The topological polar surface area (TPSA) is 66.5 Å². The lowest BCUT2D eigenvalue weighted by molar-refractivity contribution is 0.0911. The minimum atomic E-state index is -3.57. The van der Waals surface area contributed by atoms with Crippen LogP contribution in [0.3, 0.4) is 0 Å². The van der Waals surface area contributed by atoms with Crippen LogP contribution in [0.5, 0.6) is 0 Å². The third kappa shape index (κ3) is 4.05. The Labute approximate surface area is 143 Å². The van der Waals surface area contributed by atoms with E-state index in [9.17, 15) is 13.2 Å². The van der Waals surface area contributed by atoms with E-state index in [1.807, 2.05) is 20.8 Å². The molecule has 0 radical (unpaired) electrons. The molecule has 0 atom stereocenters. The summed E-state index contributed by atoms with van der Waals surface area (Å²) >= 11 is 6.10.